The van der Waals surface area contributed by atoms with Gasteiger partial charge in [-0.1, -0.05) is 74.5 Å². The van der Waals surface area contributed by atoms with E-state index < -0.39 is 42.5 Å². The molecule has 0 bridgehead atoms. The average Bonchev–Trinajstić information content (AvgIpc) is 2.80. The van der Waals surface area contributed by atoms with E-state index in [9.17, 15) is 24.3 Å². The van der Waals surface area contributed by atoms with Crippen molar-refractivity contribution in [3.63, 3.8) is 0 Å². The number of ether oxygens (including phenoxy) is 1. The summed E-state index contributed by atoms with van der Waals surface area (Å²) in [5.74, 6) is -2.68. The lowest BCUT2D eigenvalue weighted by Gasteiger charge is -2.21. The fourth-order valence-electron chi connectivity index (χ4n) is 3.00. The normalized spacial score (nSPS) is 12.3. The fraction of sp³-hybridized carbons (Fsp3) is 0.333. The van der Waals surface area contributed by atoms with Crippen LogP contribution in [0.15, 0.2) is 60.7 Å². The number of carboxylic acid groups (broad SMARTS) is 1. The maximum absolute atomic E-state index is 12.5. The molecule has 3 amide bonds. The predicted molar refractivity (Wildman–Crippen MR) is 121 cm³/mol. The van der Waals surface area contributed by atoms with Gasteiger partial charge in [0.25, 0.3) is 0 Å². The van der Waals surface area contributed by atoms with Crippen LogP contribution in [0.25, 0.3) is 0 Å². The highest BCUT2D eigenvalue weighted by atomic mass is 16.5. The van der Waals surface area contributed by atoms with Crippen molar-refractivity contribution in [3.05, 3.63) is 71.8 Å². The second kappa shape index (κ2) is 12.8. The molecule has 0 saturated heterocycles. The first kappa shape index (κ1) is 25.4. The van der Waals surface area contributed by atoms with Gasteiger partial charge < -0.3 is 25.8 Å². The third-order valence-corrected chi connectivity index (χ3v) is 4.77. The number of hydrogen-bond acceptors (Lipinski definition) is 5. The molecule has 0 fully saturated rings. The Balaban J connectivity index is 1.84. The zero-order chi connectivity index (χ0) is 24.2. The van der Waals surface area contributed by atoms with Crippen LogP contribution in [-0.4, -0.2) is 47.6 Å². The highest BCUT2D eigenvalue weighted by Gasteiger charge is 2.26. The predicted octanol–water partition coefficient (Wildman–Crippen LogP) is 1.87. The maximum atomic E-state index is 12.5. The number of amides is 3. The first-order valence-electron chi connectivity index (χ1n) is 10.6. The highest BCUT2D eigenvalue weighted by Crippen LogP contribution is 2.05. The van der Waals surface area contributed by atoms with E-state index in [1.807, 2.05) is 24.3 Å². The van der Waals surface area contributed by atoms with Crippen molar-refractivity contribution in [1.82, 2.24) is 16.0 Å². The van der Waals surface area contributed by atoms with Gasteiger partial charge in [0.05, 0.1) is 6.54 Å². The molecule has 176 valence electrons. The van der Waals surface area contributed by atoms with E-state index >= 15 is 0 Å². The van der Waals surface area contributed by atoms with Crippen LogP contribution in [-0.2, 0) is 32.1 Å². The molecular formula is C24H29N3O6. The number of carbonyl (C=O) groups excluding carboxylic acids is 3. The number of carbonyl (C=O) groups is 4. The smallest absolute Gasteiger partial charge is 0.408 e. The zero-order valence-corrected chi connectivity index (χ0v) is 18.6. The van der Waals surface area contributed by atoms with Crippen molar-refractivity contribution in [2.75, 3.05) is 6.54 Å². The Morgan fingerprint density at radius 2 is 1.45 bits per heavy atom. The minimum absolute atomic E-state index is 0.0551. The SMILES string of the molecule is CC(C)C(NC(=O)OCc1ccccc1)C(=O)NCC(=O)NC(Cc1ccccc1)C(=O)O. The highest BCUT2D eigenvalue weighted by molar-refractivity contribution is 5.91. The summed E-state index contributed by atoms with van der Waals surface area (Å²) >= 11 is 0. The van der Waals surface area contributed by atoms with Crippen molar-refractivity contribution in [2.24, 2.45) is 5.92 Å². The summed E-state index contributed by atoms with van der Waals surface area (Å²) in [7, 11) is 0. The Bertz CT molecular complexity index is 934. The first-order valence-corrected chi connectivity index (χ1v) is 10.6. The maximum Gasteiger partial charge on any atom is 0.408 e. The average molecular weight is 456 g/mol. The van der Waals surface area contributed by atoms with Gasteiger partial charge in [0, 0.05) is 6.42 Å². The topological polar surface area (TPSA) is 134 Å². The van der Waals surface area contributed by atoms with E-state index in [1.165, 1.54) is 0 Å². The molecular weight excluding hydrogens is 426 g/mol. The van der Waals surface area contributed by atoms with Crippen molar-refractivity contribution >= 4 is 23.9 Å². The Morgan fingerprint density at radius 3 is 2.00 bits per heavy atom. The zero-order valence-electron chi connectivity index (χ0n) is 18.6. The molecule has 0 aliphatic carbocycles. The summed E-state index contributed by atoms with van der Waals surface area (Å²) in [5, 5.41) is 16.7. The molecule has 4 N–H and O–H groups in total. The summed E-state index contributed by atoms with van der Waals surface area (Å²) in [5.41, 5.74) is 1.56. The first-order chi connectivity index (χ1) is 15.8. The van der Waals surface area contributed by atoms with Crippen LogP contribution >= 0.6 is 0 Å². The van der Waals surface area contributed by atoms with Gasteiger partial charge in [-0.2, -0.15) is 0 Å². The van der Waals surface area contributed by atoms with Crippen molar-refractivity contribution in [1.29, 1.82) is 0 Å². The summed E-state index contributed by atoms with van der Waals surface area (Å²) < 4.78 is 5.15. The van der Waals surface area contributed by atoms with Crippen LogP contribution in [0.3, 0.4) is 0 Å². The van der Waals surface area contributed by atoms with Crippen LogP contribution in [0.1, 0.15) is 25.0 Å². The Kier molecular flexibility index (Phi) is 9.88. The quantitative estimate of drug-likeness (QED) is 0.409. The van der Waals surface area contributed by atoms with Crippen LogP contribution < -0.4 is 16.0 Å². The minimum Gasteiger partial charge on any atom is -0.480 e. The Hall–Kier alpha value is -3.88. The molecule has 0 aromatic heterocycles. The number of aliphatic carboxylic acids is 1. The molecule has 0 aliphatic rings. The van der Waals surface area contributed by atoms with E-state index in [1.54, 1.807) is 50.2 Å². The Morgan fingerprint density at radius 1 is 0.879 bits per heavy atom. The molecule has 9 nitrogen and oxygen atoms in total. The third kappa shape index (κ3) is 9.02. The summed E-state index contributed by atoms with van der Waals surface area (Å²) in [6.45, 7) is 3.10. The van der Waals surface area contributed by atoms with Crippen LogP contribution in [0.4, 0.5) is 4.79 Å². The number of nitrogens with one attached hydrogen (secondary N) is 3. The molecule has 33 heavy (non-hydrogen) atoms. The molecule has 2 aromatic rings. The van der Waals surface area contributed by atoms with Gasteiger partial charge in [-0.3, -0.25) is 9.59 Å². The third-order valence-electron chi connectivity index (χ3n) is 4.77. The lowest BCUT2D eigenvalue weighted by Crippen LogP contribution is -2.52. The van der Waals surface area contributed by atoms with Gasteiger partial charge in [0.1, 0.15) is 18.7 Å². The molecule has 0 spiro atoms. The second-order valence-corrected chi connectivity index (χ2v) is 7.79. The standard InChI is InChI=1S/C24H29N3O6/c1-16(2)21(27-24(32)33-15-18-11-7-4-8-12-18)22(29)25-14-20(28)26-19(23(30)31)13-17-9-5-3-6-10-17/h3-12,16,19,21H,13-15H2,1-2H3,(H,25,29)(H,26,28)(H,27,32)(H,30,31). The molecule has 0 saturated carbocycles. The molecule has 0 heterocycles. The van der Waals surface area contributed by atoms with Crippen LogP contribution in [0, 0.1) is 5.92 Å². The summed E-state index contributed by atoms with van der Waals surface area (Å²) in [4.78, 5) is 48.4. The molecule has 2 atom stereocenters. The van der Waals surface area contributed by atoms with Gasteiger partial charge in [0.15, 0.2) is 0 Å². The summed E-state index contributed by atoms with van der Waals surface area (Å²) in [6.07, 6.45) is -0.648. The monoisotopic (exact) mass is 455 g/mol. The van der Waals surface area contributed by atoms with Gasteiger partial charge in [-0.05, 0) is 17.0 Å². The second-order valence-electron chi connectivity index (χ2n) is 7.79. The molecule has 0 aliphatic heterocycles. The number of alkyl carbamates (subject to hydrolysis) is 1. The Labute approximate surface area is 192 Å². The minimum atomic E-state index is -1.18. The van der Waals surface area contributed by atoms with Gasteiger partial charge in [-0.15, -0.1) is 0 Å². The number of rotatable bonds is 11. The van der Waals surface area contributed by atoms with Crippen LogP contribution in [0.5, 0.6) is 0 Å². The van der Waals surface area contributed by atoms with Crippen molar-refractivity contribution in [2.45, 2.75) is 39.0 Å². The fourth-order valence-corrected chi connectivity index (χ4v) is 3.00. The van der Waals surface area contributed by atoms with Gasteiger partial charge in [0.2, 0.25) is 11.8 Å². The van der Waals surface area contributed by atoms with E-state index in [4.69, 9.17) is 4.74 Å². The molecule has 9 heteroatoms. The number of benzene rings is 2. The van der Waals surface area contributed by atoms with Crippen molar-refractivity contribution in [3.8, 4) is 0 Å². The molecule has 2 rings (SSSR count). The number of hydrogen-bond donors (Lipinski definition) is 4. The molecule has 0 radical (unpaired) electrons. The van der Waals surface area contributed by atoms with E-state index in [0.29, 0.717) is 0 Å². The summed E-state index contributed by atoms with van der Waals surface area (Å²) in [6, 6.07) is 15.9. The lowest BCUT2D eigenvalue weighted by atomic mass is 10.0. The van der Waals surface area contributed by atoms with Crippen molar-refractivity contribution < 1.29 is 29.0 Å². The lowest BCUT2D eigenvalue weighted by molar-refractivity contribution is -0.141. The molecule has 2 unspecified atom stereocenters. The van der Waals surface area contributed by atoms with Crippen LogP contribution in [0.2, 0.25) is 0 Å². The van der Waals surface area contributed by atoms with Gasteiger partial charge in [-0.25, -0.2) is 9.59 Å². The number of carboxylic acids is 1. The molecule has 2 aromatic carbocycles. The van der Waals surface area contributed by atoms with E-state index in [2.05, 4.69) is 16.0 Å². The largest absolute Gasteiger partial charge is 0.480 e. The van der Waals surface area contributed by atoms with Gasteiger partial charge >= 0.3 is 12.1 Å². The van der Waals surface area contributed by atoms with E-state index in [0.717, 1.165) is 11.1 Å². The van der Waals surface area contributed by atoms with E-state index in [-0.39, 0.29) is 18.9 Å².